The van der Waals surface area contributed by atoms with Gasteiger partial charge in [0.1, 0.15) is 0 Å². The molecule has 0 unspecified atom stereocenters. The molecule has 1 N–H and O–H groups in total. The first kappa shape index (κ1) is 14.8. The standard InChI is InChI=1S/C14H22O4/c1-3-16-9-6-10-18-14-12(11-15)7-5-8-13(14)17-4-2/h5,7-8,15H,3-4,6,9-11H2,1-2H3. The number of hydrogen-bond donors (Lipinski definition) is 1. The molecule has 0 heterocycles. The zero-order valence-electron chi connectivity index (χ0n) is 11.1. The van der Waals surface area contributed by atoms with Crippen molar-refractivity contribution >= 4 is 0 Å². The molecule has 0 spiro atoms. The molecule has 0 aliphatic heterocycles. The summed E-state index contributed by atoms with van der Waals surface area (Å²) >= 11 is 0. The van der Waals surface area contributed by atoms with Gasteiger partial charge in [0.15, 0.2) is 11.5 Å². The Labute approximate surface area is 108 Å². The Balaban J connectivity index is 2.60. The monoisotopic (exact) mass is 254 g/mol. The van der Waals surface area contributed by atoms with Crippen molar-refractivity contribution < 1.29 is 19.3 Å². The van der Waals surface area contributed by atoms with Crippen LogP contribution in [-0.4, -0.2) is 31.5 Å². The minimum absolute atomic E-state index is 0.0539. The summed E-state index contributed by atoms with van der Waals surface area (Å²) in [6.45, 7) is 6.36. The van der Waals surface area contributed by atoms with E-state index >= 15 is 0 Å². The number of benzene rings is 1. The predicted molar refractivity (Wildman–Crippen MR) is 70.1 cm³/mol. The van der Waals surface area contributed by atoms with Crippen molar-refractivity contribution in [2.24, 2.45) is 0 Å². The van der Waals surface area contributed by atoms with Gasteiger partial charge < -0.3 is 19.3 Å². The van der Waals surface area contributed by atoms with Crippen LogP contribution in [0, 0.1) is 0 Å². The van der Waals surface area contributed by atoms with Crippen LogP contribution in [0.3, 0.4) is 0 Å². The van der Waals surface area contributed by atoms with Crippen molar-refractivity contribution in [3.05, 3.63) is 23.8 Å². The van der Waals surface area contributed by atoms with Gasteiger partial charge in [-0.2, -0.15) is 0 Å². The summed E-state index contributed by atoms with van der Waals surface area (Å²) < 4.78 is 16.4. The largest absolute Gasteiger partial charge is 0.490 e. The molecule has 1 rings (SSSR count). The molecule has 0 aromatic heterocycles. The number of hydrogen-bond acceptors (Lipinski definition) is 4. The van der Waals surface area contributed by atoms with Crippen LogP contribution in [0.1, 0.15) is 25.8 Å². The highest BCUT2D eigenvalue weighted by molar-refractivity contribution is 5.46. The maximum Gasteiger partial charge on any atom is 0.166 e. The van der Waals surface area contributed by atoms with E-state index in [-0.39, 0.29) is 6.61 Å². The number of aliphatic hydroxyl groups is 1. The molecule has 0 aliphatic rings. The van der Waals surface area contributed by atoms with Crippen molar-refractivity contribution in [1.82, 2.24) is 0 Å². The predicted octanol–water partition coefficient (Wildman–Crippen LogP) is 2.38. The van der Waals surface area contributed by atoms with Gasteiger partial charge in [0.05, 0.1) is 19.8 Å². The summed E-state index contributed by atoms with van der Waals surface area (Å²) in [4.78, 5) is 0. The van der Waals surface area contributed by atoms with Gasteiger partial charge in [-0.1, -0.05) is 12.1 Å². The molecule has 102 valence electrons. The van der Waals surface area contributed by atoms with Crippen molar-refractivity contribution in [1.29, 1.82) is 0 Å². The van der Waals surface area contributed by atoms with Crippen molar-refractivity contribution in [2.75, 3.05) is 26.4 Å². The number of ether oxygens (including phenoxy) is 3. The van der Waals surface area contributed by atoms with Crippen LogP contribution in [0.5, 0.6) is 11.5 Å². The zero-order chi connectivity index (χ0) is 13.2. The van der Waals surface area contributed by atoms with Crippen molar-refractivity contribution in [3.8, 4) is 11.5 Å². The molecular weight excluding hydrogens is 232 g/mol. The second-order valence-corrected chi connectivity index (χ2v) is 3.73. The topological polar surface area (TPSA) is 47.9 Å². The van der Waals surface area contributed by atoms with Gasteiger partial charge in [-0.05, 0) is 19.9 Å². The van der Waals surface area contributed by atoms with Crippen LogP contribution in [0.4, 0.5) is 0 Å². The van der Waals surface area contributed by atoms with Crippen LogP contribution in [-0.2, 0) is 11.3 Å². The lowest BCUT2D eigenvalue weighted by atomic mass is 10.2. The highest BCUT2D eigenvalue weighted by Crippen LogP contribution is 2.31. The molecular formula is C14H22O4. The molecule has 0 saturated carbocycles. The molecule has 1 aromatic rings. The SMILES string of the molecule is CCOCCCOc1c(CO)cccc1OCC. The van der Waals surface area contributed by atoms with Crippen LogP contribution in [0.2, 0.25) is 0 Å². The summed E-state index contributed by atoms with van der Waals surface area (Å²) in [7, 11) is 0. The van der Waals surface area contributed by atoms with E-state index in [1.807, 2.05) is 32.0 Å². The number of rotatable bonds is 9. The van der Waals surface area contributed by atoms with E-state index in [9.17, 15) is 5.11 Å². The normalized spacial score (nSPS) is 10.4. The maximum atomic E-state index is 9.29. The maximum absolute atomic E-state index is 9.29. The number of aliphatic hydroxyl groups excluding tert-OH is 1. The molecule has 0 radical (unpaired) electrons. The molecule has 0 bridgehead atoms. The average molecular weight is 254 g/mol. The fourth-order valence-electron chi connectivity index (χ4n) is 1.60. The summed E-state index contributed by atoms with van der Waals surface area (Å²) in [5, 5.41) is 9.29. The minimum atomic E-state index is -0.0539. The lowest BCUT2D eigenvalue weighted by molar-refractivity contribution is 0.129. The molecule has 1 aromatic carbocycles. The first-order valence-corrected chi connectivity index (χ1v) is 6.39. The Bertz CT molecular complexity index is 339. The van der Waals surface area contributed by atoms with E-state index < -0.39 is 0 Å². The fraction of sp³-hybridized carbons (Fsp3) is 0.571. The fourth-order valence-corrected chi connectivity index (χ4v) is 1.60. The van der Waals surface area contributed by atoms with Crippen LogP contribution >= 0.6 is 0 Å². The van der Waals surface area contributed by atoms with E-state index in [1.54, 1.807) is 0 Å². The van der Waals surface area contributed by atoms with Gasteiger partial charge in [0, 0.05) is 25.2 Å². The molecule has 0 atom stereocenters. The first-order chi connectivity index (χ1) is 8.83. The second-order valence-electron chi connectivity index (χ2n) is 3.73. The quantitative estimate of drug-likeness (QED) is 0.687. The van der Waals surface area contributed by atoms with E-state index in [2.05, 4.69) is 0 Å². The smallest absolute Gasteiger partial charge is 0.166 e. The summed E-state index contributed by atoms with van der Waals surface area (Å²) in [5.41, 5.74) is 0.748. The van der Waals surface area contributed by atoms with Crippen LogP contribution in [0.25, 0.3) is 0 Å². The lowest BCUT2D eigenvalue weighted by Gasteiger charge is -2.14. The highest BCUT2D eigenvalue weighted by atomic mass is 16.5. The minimum Gasteiger partial charge on any atom is -0.490 e. The summed E-state index contributed by atoms with van der Waals surface area (Å²) in [6, 6.07) is 5.53. The third kappa shape index (κ3) is 4.55. The van der Waals surface area contributed by atoms with Gasteiger partial charge in [0.25, 0.3) is 0 Å². The van der Waals surface area contributed by atoms with E-state index in [1.165, 1.54) is 0 Å². The Morgan fingerprint density at radius 3 is 2.56 bits per heavy atom. The Kier molecular flexibility index (Phi) is 7.22. The third-order valence-corrected chi connectivity index (χ3v) is 2.41. The molecule has 0 aliphatic carbocycles. The van der Waals surface area contributed by atoms with Gasteiger partial charge in [-0.25, -0.2) is 0 Å². The molecule has 18 heavy (non-hydrogen) atoms. The lowest BCUT2D eigenvalue weighted by Crippen LogP contribution is -2.06. The van der Waals surface area contributed by atoms with Gasteiger partial charge in [0.2, 0.25) is 0 Å². The van der Waals surface area contributed by atoms with Crippen LogP contribution < -0.4 is 9.47 Å². The Morgan fingerprint density at radius 1 is 1.06 bits per heavy atom. The highest BCUT2D eigenvalue weighted by Gasteiger charge is 2.10. The Hall–Kier alpha value is -1.26. The molecule has 0 amide bonds. The molecule has 0 fully saturated rings. The molecule has 4 heteroatoms. The summed E-state index contributed by atoms with van der Waals surface area (Å²) in [5.74, 6) is 1.32. The van der Waals surface area contributed by atoms with Crippen molar-refractivity contribution in [3.63, 3.8) is 0 Å². The Morgan fingerprint density at radius 2 is 1.89 bits per heavy atom. The van der Waals surface area contributed by atoms with Crippen LogP contribution in [0.15, 0.2) is 18.2 Å². The molecule has 4 nitrogen and oxygen atoms in total. The number of para-hydroxylation sites is 1. The third-order valence-electron chi connectivity index (χ3n) is 2.41. The van der Waals surface area contributed by atoms with E-state index in [0.29, 0.717) is 31.3 Å². The first-order valence-electron chi connectivity index (χ1n) is 6.39. The summed E-state index contributed by atoms with van der Waals surface area (Å²) in [6.07, 6.45) is 0.819. The molecule has 0 saturated heterocycles. The zero-order valence-corrected chi connectivity index (χ0v) is 11.1. The van der Waals surface area contributed by atoms with Gasteiger partial charge in [-0.3, -0.25) is 0 Å². The van der Waals surface area contributed by atoms with E-state index in [0.717, 1.165) is 18.6 Å². The van der Waals surface area contributed by atoms with Crippen molar-refractivity contribution in [2.45, 2.75) is 26.9 Å². The van der Waals surface area contributed by atoms with Gasteiger partial charge in [-0.15, -0.1) is 0 Å². The average Bonchev–Trinajstić information content (AvgIpc) is 2.40. The second kappa shape index (κ2) is 8.78. The van der Waals surface area contributed by atoms with E-state index in [4.69, 9.17) is 14.2 Å². The van der Waals surface area contributed by atoms with Gasteiger partial charge >= 0.3 is 0 Å².